The van der Waals surface area contributed by atoms with E-state index in [0.717, 1.165) is 44.9 Å². The van der Waals surface area contributed by atoms with Crippen LogP contribution in [0.15, 0.2) is 0 Å². The van der Waals surface area contributed by atoms with Crippen LogP contribution in [0.2, 0.25) is 0 Å². The van der Waals surface area contributed by atoms with Crippen LogP contribution in [0, 0.1) is 11.8 Å². The Labute approximate surface area is 123 Å². The van der Waals surface area contributed by atoms with Gasteiger partial charge in [0.05, 0.1) is 18.8 Å². The van der Waals surface area contributed by atoms with E-state index in [4.69, 9.17) is 9.47 Å². The Morgan fingerprint density at radius 1 is 1.25 bits per heavy atom. The summed E-state index contributed by atoms with van der Waals surface area (Å²) in [6, 6.07) is 0. The first-order valence-electron chi connectivity index (χ1n) is 8.32. The van der Waals surface area contributed by atoms with Crippen molar-refractivity contribution in [3.8, 4) is 0 Å². The highest BCUT2D eigenvalue weighted by Crippen LogP contribution is 2.25. The highest BCUT2D eigenvalue weighted by molar-refractivity contribution is 4.71. The van der Waals surface area contributed by atoms with E-state index in [-0.39, 0.29) is 6.10 Å². The second-order valence-corrected chi connectivity index (χ2v) is 6.59. The van der Waals surface area contributed by atoms with Crippen LogP contribution in [0.1, 0.15) is 45.4 Å². The van der Waals surface area contributed by atoms with Crippen molar-refractivity contribution < 1.29 is 14.6 Å². The van der Waals surface area contributed by atoms with E-state index in [1.807, 2.05) is 0 Å². The third-order valence-corrected chi connectivity index (χ3v) is 4.62. The number of ether oxygens (including phenoxy) is 2. The van der Waals surface area contributed by atoms with Crippen molar-refractivity contribution in [2.24, 2.45) is 11.8 Å². The average Bonchev–Trinajstić information content (AvgIpc) is 2.96. The number of aliphatic hydroxyl groups excluding tert-OH is 1. The number of hydrogen-bond acceptors (Lipinski definition) is 4. The summed E-state index contributed by atoms with van der Waals surface area (Å²) in [5.41, 5.74) is 0. The van der Waals surface area contributed by atoms with Gasteiger partial charge < -0.3 is 19.9 Å². The normalized spacial score (nSPS) is 32.4. The lowest BCUT2D eigenvalue weighted by atomic mass is 9.89. The van der Waals surface area contributed by atoms with Crippen LogP contribution in [-0.4, -0.2) is 50.2 Å². The second-order valence-electron chi connectivity index (χ2n) is 6.59. The van der Waals surface area contributed by atoms with Crippen LogP contribution >= 0.6 is 0 Å². The van der Waals surface area contributed by atoms with Crippen molar-refractivity contribution in [1.82, 2.24) is 5.32 Å². The molecule has 20 heavy (non-hydrogen) atoms. The van der Waals surface area contributed by atoms with E-state index in [1.165, 1.54) is 19.3 Å². The smallest absolute Gasteiger partial charge is 0.0897 e. The van der Waals surface area contributed by atoms with E-state index in [0.29, 0.717) is 25.2 Å². The molecule has 2 N–H and O–H groups in total. The first-order chi connectivity index (χ1) is 9.74. The third kappa shape index (κ3) is 6.08. The van der Waals surface area contributed by atoms with Crippen LogP contribution in [-0.2, 0) is 9.47 Å². The van der Waals surface area contributed by atoms with Crippen molar-refractivity contribution in [3.63, 3.8) is 0 Å². The molecule has 1 saturated carbocycles. The number of rotatable bonds is 8. The van der Waals surface area contributed by atoms with Gasteiger partial charge in [0.25, 0.3) is 0 Å². The number of aliphatic hydroxyl groups is 1. The molecule has 0 aromatic carbocycles. The quantitative estimate of drug-likeness (QED) is 0.669. The molecule has 2 unspecified atom stereocenters. The molecule has 1 aliphatic carbocycles. The van der Waals surface area contributed by atoms with Gasteiger partial charge in [0, 0.05) is 19.8 Å². The molecule has 0 bridgehead atoms. The molecule has 0 amide bonds. The lowest BCUT2D eigenvalue weighted by molar-refractivity contribution is -0.0278. The minimum atomic E-state index is -0.380. The van der Waals surface area contributed by atoms with Crippen LogP contribution in [0.4, 0.5) is 0 Å². The van der Waals surface area contributed by atoms with Gasteiger partial charge in [-0.05, 0) is 56.9 Å². The van der Waals surface area contributed by atoms with Gasteiger partial charge in [0.1, 0.15) is 0 Å². The summed E-state index contributed by atoms with van der Waals surface area (Å²) >= 11 is 0. The van der Waals surface area contributed by atoms with Crippen molar-refractivity contribution in [2.75, 3.05) is 32.9 Å². The lowest BCUT2D eigenvalue weighted by Gasteiger charge is -2.27. The largest absolute Gasteiger partial charge is 0.389 e. The number of nitrogens with one attached hydrogen (secondary N) is 1. The SMILES string of the molecule is CC1CCC(OCC(O)CNCCC2CCOC2)CC1. The molecule has 1 aliphatic heterocycles. The molecular weight excluding hydrogens is 254 g/mol. The molecule has 2 fully saturated rings. The van der Waals surface area contributed by atoms with Gasteiger partial charge in [-0.2, -0.15) is 0 Å². The van der Waals surface area contributed by atoms with Crippen LogP contribution in [0.5, 0.6) is 0 Å². The van der Waals surface area contributed by atoms with Crippen LogP contribution in [0.25, 0.3) is 0 Å². The molecule has 4 heteroatoms. The summed E-state index contributed by atoms with van der Waals surface area (Å²) in [5.74, 6) is 1.56. The highest BCUT2D eigenvalue weighted by atomic mass is 16.5. The van der Waals surface area contributed by atoms with Gasteiger partial charge in [-0.15, -0.1) is 0 Å². The molecule has 4 nitrogen and oxygen atoms in total. The summed E-state index contributed by atoms with van der Waals surface area (Å²) in [6.45, 7) is 6.21. The van der Waals surface area contributed by atoms with Crippen molar-refractivity contribution in [3.05, 3.63) is 0 Å². The van der Waals surface area contributed by atoms with Gasteiger partial charge in [0.15, 0.2) is 0 Å². The van der Waals surface area contributed by atoms with Gasteiger partial charge in [-0.1, -0.05) is 6.92 Å². The minimum absolute atomic E-state index is 0.372. The molecule has 2 atom stereocenters. The monoisotopic (exact) mass is 285 g/mol. The third-order valence-electron chi connectivity index (χ3n) is 4.62. The van der Waals surface area contributed by atoms with E-state index in [1.54, 1.807) is 0 Å². The Hall–Kier alpha value is -0.160. The molecular formula is C16H31NO3. The molecule has 0 spiro atoms. The van der Waals surface area contributed by atoms with Gasteiger partial charge >= 0.3 is 0 Å². The molecule has 1 saturated heterocycles. The zero-order chi connectivity index (χ0) is 14.2. The summed E-state index contributed by atoms with van der Waals surface area (Å²) < 4.78 is 11.2. The van der Waals surface area contributed by atoms with Crippen molar-refractivity contribution in [2.45, 2.75) is 57.7 Å². The minimum Gasteiger partial charge on any atom is -0.389 e. The first kappa shape index (κ1) is 16.2. The van der Waals surface area contributed by atoms with Crippen LogP contribution in [0.3, 0.4) is 0 Å². The topological polar surface area (TPSA) is 50.7 Å². The summed E-state index contributed by atoms with van der Waals surface area (Å²) in [5, 5.41) is 13.2. The average molecular weight is 285 g/mol. The molecule has 0 aromatic rings. The predicted octanol–water partition coefficient (Wildman–Crippen LogP) is 1.96. The fourth-order valence-electron chi connectivity index (χ4n) is 3.09. The Kier molecular flexibility index (Phi) is 7.28. The maximum Gasteiger partial charge on any atom is 0.0897 e. The fourth-order valence-corrected chi connectivity index (χ4v) is 3.09. The Balaban J connectivity index is 1.44. The fraction of sp³-hybridized carbons (Fsp3) is 1.00. The lowest BCUT2D eigenvalue weighted by Crippen LogP contribution is -2.33. The second kappa shape index (κ2) is 8.98. The molecule has 2 aliphatic rings. The van der Waals surface area contributed by atoms with Crippen molar-refractivity contribution in [1.29, 1.82) is 0 Å². The Morgan fingerprint density at radius 3 is 2.75 bits per heavy atom. The molecule has 0 radical (unpaired) electrons. The predicted molar refractivity (Wildman–Crippen MR) is 79.8 cm³/mol. The Morgan fingerprint density at radius 2 is 2.05 bits per heavy atom. The molecule has 1 heterocycles. The van der Waals surface area contributed by atoms with Crippen molar-refractivity contribution >= 4 is 0 Å². The molecule has 2 rings (SSSR count). The summed E-state index contributed by atoms with van der Waals surface area (Å²) in [7, 11) is 0. The van der Waals surface area contributed by atoms with E-state index < -0.39 is 0 Å². The summed E-state index contributed by atoms with van der Waals surface area (Å²) in [4.78, 5) is 0. The zero-order valence-corrected chi connectivity index (χ0v) is 12.9. The van der Waals surface area contributed by atoms with Crippen LogP contribution < -0.4 is 5.32 Å². The maximum absolute atomic E-state index is 9.91. The highest BCUT2D eigenvalue weighted by Gasteiger charge is 2.19. The van der Waals surface area contributed by atoms with E-state index >= 15 is 0 Å². The molecule has 0 aromatic heterocycles. The first-order valence-corrected chi connectivity index (χ1v) is 8.32. The number of hydrogen-bond donors (Lipinski definition) is 2. The molecule has 118 valence electrons. The standard InChI is InChI=1S/C16H31NO3/c1-13-2-4-16(5-3-13)20-12-15(18)10-17-8-6-14-7-9-19-11-14/h13-18H,2-12H2,1H3. The van der Waals surface area contributed by atoms with Gasteiger partial charge in [-0.3, -0.25) is 0 Å². The Bertz CT molecular complexity index is 248. The summed E-state index contributed by atoms with van der Waals surface area (Å²) in [6.07, 6.45) is 7.17. The zero-order valence-electron chi connectivity index (χ0n) is 12.9. The maximum atomic E-state index is 9.91. The van der Waals surface area contributed by atoms with Gasteiger partial charge in [0.2, 0.25) is 0 Å². The van der Waals surface area contributed by atoms with E-state index in [2.05, 4.69) is 12.2 Å². The van der Waals surface area contributed by atoms with Gasteiger partial charge in [-0.25, -0.2) is 0 Å². The van der Waals surface area contributed by atoms with E-state index in [9.17, 15) is 5.11 Å².